The molecule has 3 rings (SSSR count). The molecule has 2 aromatic carbocycles. The van der Waals surface area contributed by atoms with Crippen LogP contribution in [0.4, 0.5) is 0 Å². The molecule has 7 nitrogen and oxygen atoms in total. The number of ketones is 1. The molecular formula is C29H33NO6. The van der Waals surface area contributed by atoms with E-state index in [1.165, 1.54) is 24.9 Å². The number of hydrogen-bond donors (Lipinski definition) is 1. The number of benzene rings is 2. The molecule has 0 aliphatic carbocycles. The summed E-state index contributed by atoms with van der Waals surface area (Å²) in [4.78, 5) is 29.2. The quantitative estimate of drug-likeness (QED) is 0.252. The Hall–Kier alpha value is -3.87. The number of carbonyl (C=O) groups excluding carboxylic acids is 2. The molecule has 0 saturated heterocycles. The van der Waals surface area contributed by atoms with Crippen LogP contribution >= 0.6 is 0 Å². The highest BCUT2D eigenvalue weighted by atomic mass is 16.6. The number of rotatable bonds is 13. The molecule has 7 heteroatoms. The van der Waals surface area contributed by atoms with E-state index in [1.807, 2.05) is 55.5 Å². The van der Waals surface area contributed by atoms with Gasteiger partial charge in [-0.25, -0.2) is 4.98 Å². The molecule has 0 unspecified atom stereocenters. The molecule has 0 amide bonds. The van der Waals surface area contributed by atoms with Crippen molar-refractivity contribution in [3.8, 4) is 17.2 Å². The van der Waals surface area contributed by atoms with E-state index >= 15 is 0 Å². The number of pyridine rings is 1. The van der Waals surface area contributed by atoms with Crippen molar-refractivity contribution in [3.63, 3.8) is 0 Å². The number of methoxy groups -OCH3 is 1. The minimum absolute atomic E-state index is 0.0926. The Morgan fingerprint density at radius 2 is 1.64 bits per heavy atom. The summed E-state index contributed by atoms with van der Waals surface area (Å²) in [5.41, 5.74) is 1.05. The molecule has 0 aliphatic rings. The zero-order valence-electron chi connectivity index (χ0n) is 20.9. The van der Waals surface area contributed by atoms with E-state index in [-0.39, 0.29) is 42.1 Å². The number of aromatic nitrogens is 1. The third kappa shape index (κ3) is 7.31. The SMILES string of the molecule is CC[C@H](Cc1ccccc1)[C@@H](Oc1ccccc1)[C@H](C)OC(=O)CCC(=O)c1nccc(OC)c1O. The first-order valence-corrected chi connectivity index (χ1v) is 12.1. The van der Waals surface area contributed by atoms with E-state index in [0.717, 1.165) is 12.8 Å². The van der Waals surface area contributed by atoms with Gasteiger partial charge in [-0.3, -0.25) is 9.59 Å². The summed E-state index contributed by atoms with van der Waals surface area (Å²) >= 11 is 0. The number of hydrogen-bond acceptors (Lipinski definition) is 7. The molecule has 1 N–H and O–H groups in total. The van der Waals surface area contributed by atoms with Crippen LogP contribution in [0, 0.1) is 5.92 Å². The second kappa shape index (κ2) is 13.3. The predicted molar refractivity (Wildman–Crippen MR) is 136 cm³/mol. The summed E-state index contributed by atoms with van der Waals surface area (Å²) in [5, 5.41) is 10.2. The van der Waals surface area contributed by atoms with Crippen molar-refractivity contribution in [1.29, 1.82) is 0 Å². The van der Waals surface area contributed by atoms with Gasteiger partial charge in [0.1, 0.15) is 18.0 Å². The number of aromatic hydroxyl groups is 1. The van der Waals surface area contributed by atoms with Crippen LogP contribution in [0.3, 0.4) is 0 Å². The van der Waals surface area contributed by atoms with Gasteiger partial charge in [0.25, 0.3) is 0 Å². The van der Waals surface area contributed by atoms with Crippen molar-refractivity contribution in [2.24, 2.45) is 5.92 Å². The van der Waals surface area contributed by atoms with Crippen LogP contribution in [0.25, 0.3) is 0 Å². The number of para-hydroxylation sites is 1. The smallest absolute Gasteiger partial charge is 0.306 e. The van der Waals surface area contributed by atoms with Gasteiger partial charge in [-0.2, -0.15) is 0 Å². The summed E-state index contributed by atoms with van der Waals surface area (Å²) < 4.78 is 17.1. The third-order valence-electron chi connectivity index (χ3n) is 6.05. The van der Waals surface area contributed by atoms with Gasteiger partial charge in [0.05, 0.1) is 13.5 Å². The third-order valence-corrected chi connectivity index (χ3v) is 6.05. The first-order valence-electron chi connectivity index (χ1n) is 12.1. The minimum Gasteiger partial charge on any atom is -0.503 e. The van der Waals surface area contributed by atoms with Gasteiger partial charge in [-0.05, 0) is 37.5 Å². The van der Waals surface area contributed by atoms with Gasteiger partial charge >= 0.3 is 5.97 Å². The highest BCUT2D eigenvalue weighted by Crippen LogP contribution is 2.29. The Bertz CT molecular complexity index is 1120. The van der Waals surface area contributed by atoms with Gasteiger partial charge in [-0.1, -0.05) is 55.5 Å². The van der Waals surface area contributed by atoms with Crippen LogP contribution in [0.1, 0.15) is 49.2 Å². The standard InChI is InChI=1S/C29H33NO6/c1-4-22(19-21-11-7-5-8-12-21)29(36-23-13-9-6-10-14-23)20(2)35-26(32)16-15-24(31)27-28(33)25(34-3)17-18-30-27/h5-14,17-18,20,22,29,33H,4,15-16,19H2,1-3H3/t20-,22+,29-/m0/s1. The Morgan fingerprint density at radius 3 is 2.28 bits per heavy atom. The summed E-state index contributed by atoms with van der Waals surface area (Å²) in [6.07, 6.45) is 1.74. The predicted octanol–water partition coefficient (Wildman–Crippen LogP) is 5.41. The van der Waals surface area contributed by atoms with Crippen molar-refractivity contribution in [1.82, 2.24) is 4.98 Å². The van der Waals surface area contributed by atoms with E-state index in [2.05, 4.69) is 24.0 Å². The molecule has 36 heavy (non-hydrogen) atoms. The molecule has 1 aromatic heterocycles. The highest BCUT2D eigenvalue weighted by Gasteiger charge is 2.31. The molecule has 0 fully saturated rings. The zero-order chi connectivity index (χ0) is 25.9. The monoisotopic (exact) mass is 491 g/mol. The minimum atomic E-state index is -0.551. The molecule has 190 valence electrons. The van der Waals surface area contributed by atoms with Gasteiger partial charge in [-0.15, -0.1) is 0 Å². The molecule has 0 aliphatic heterocycles. The lowest BCUT2D eigenvalue weighted by molar-refractivity contribution is -0.154. The van der Waals surface area contributed by atoms with Crippen LogP contribution in [0.2, 0.25) is 0 Å². The largest absolute Gasteiger partial charge is 0.503 e. The zero-order valence-corrected chi connectivity index (χ0v) is 20.9. The van der Waals surface area contributed by atoms with E-state index in [1.54, 1.807) is 0 Å². The lowest BCUT2D eigenvalue weighted by Crippen LogP contribution is -2.40. The fourth-order valence-electron chi connectivity index (χ4n) is 4.11. The Balaban J connectivity index is 1.67. The van der Waals surface area contributed by atoms with Crippen LogP contribution in [0.15, 0.2) is 72.9 Å². The van der Waals surface area contributed by atoms with Crippen LogP contribution in [0.5, 0.6) is 17.2 Å². The maximum Gasteiger partial charge on any atom is 0.306 e. The Kier molecular flexibility index (Phi) is 9.86. The van der Waals surface area contributed by atoms with Gasteiger partial charge in [0, 0.05) is 24.6 Å². The molecule has 1 heterocycles. The van der Waals surface area contributed by atoms with Gasteiger partial charge < -0.3 is 19.3 Å². The lowest BCUT2D eigenvalue weighted by Gasteiger charge is -2.32. The molecular weight excluding hydrogens is 458 g/mol. The molecule has 0 saturated carbocycles. The van der Waals surface area contributed by atoms with E-state index in [4.69, 9.17) is 14.2 Å². The first kappa shape index (κ1) is 26.7. The molecule has 3 aromatic rings. The molecule has 0 spiro atoms. The van der Waals surface area contributed by atoms with Gasteiger partial charge in [0.2, 0.25) is 0 Å². The van der Waals surface area contributed by atoms with E-state index in [0.29, 0.717) is 5.75 Å². The van der Waals surface area contributed by atoms with Crippen LogP contribution in [-0.4, -0.2) is 41.2 Å². The Morgan fingerprint density at radius 1 is 0.972 bits per heavy atom. The van der Waals surface area contributed by atoms with Crippen molar-refractivity contribution in [2.45, 2.75) is 51.7 Å². The normalized spacial score (nSPS) is 13.3. The number of carbonyl (C=O) groups is 2. The summed E-state index contributed by atoms with van der Waals surface area (Å²) in [7, 11) is 1.39. The first-order chi connectivity index (χ1) is 17.4. The van der Waals surface area contributed by atoms with Gasteiger partial charge in [0.15, 0.2) is 23.0 Å². The van der Waals surface area contributed by atoms with Crippen molar-refractivity contribution >= 4 is 11.8 Å². The topological polar surface area (TPSA) is 95.0 Å². The fraction of sp³-hybridized carbons (Fsp3) is 0.345. The van der Waals surface area contributed by atoms with Crippen molar-refractivity contribution in [3.05, 3.63) is 84.2 Å². The summed E-state index contributed by atoms with van der Waals surface area (Å²) in [6, 6.07) is 21.1. The maximum absolute atomic E-state index is 12.7. The summed E-state index contributed by atoms with van der Waals surface area (Å²) in [5.74, 6) is -0.385. The second-order valence-electron chi connectivity index (χ2n) is 8.58. The number of ether oxygens (including phenoxy) is 3. The molecule has 0 bridgehead atoms. The average Bonchev–Trinajstić information content (AvgIpc) is 2.90. The summed E-state index contributed by atoms with van der Waals surface area (Å²) in [6.45, 7) is 3.91. The van der Waals surface area contributed by atoms with E-state index in [9.17, 15) is 14.7 Å². The molecule has 3 atom stereocenters. The Labute approximate surface area is 212 Å². The number of nitrogens with zero attached hydrogens (tertiary/aromatic N) is 1. The second-order valence-corrected chi connectivity index (χ2v) is 8.58. The lowest BCUT2D eigenvalue weighted by atomic mass is 9.89. The maximum atomic E-state index is 12.7. The molecule has 0 radical (unpaired) electrons. The van der Waals surface area contributed by atoms with Crippen molar-refractivity contribution in [2.75, 3.05) is 7.11 Å². The highest BCUT2D eigenvalue weighted by molar-refractivity contribution is 5.98. The van der Waals surface area contributed by atoms with E-state index < -0.39 is 17.9 Å². The van der Waals surface area contributed by atoms with Crippen molar-refractivity contribution < 1.29 is 28.9 Å². The average molecular weight is 492 g/mol. The van der Waals surface area contributed by atoms with Crippen LogP contribution < -0.4 is 9.47 Å². The number of Topliss-reactive ketones (excluding diaryl/α,β-unsaturated/α-hetero) is 1. The van der Waals surface area contributed by atoms with Crippen LogP contribution in [-0.2, 0) is 16.0 Å². The number of esters is 1. The fourth-order valence-corrected chi connectivity index (χ4v) is 4.11.